The summed E-state index contributed by atoms with van der Waals surface area (Å²) in [7, 11) is 0. The van der Waals surface area contributed by atoms with Gasteiger partial charge in [-0.25, -0.2) is 4.79 Å². The highest BCUT2D eigenvalue weighted by Gasteiger charge is 2.23. The van der Waals surface area contributed by atoms with Crippen molar-refractivity contribution in [1.82, 2.24) is 0 Å². The van der Waals surface area contributed by atoms with Crippen LogP contribution >= 0.6 is 0 Å². The van der Waals surface area contributed by atoms with Gasteiger partial charge in [-0.15, -0.1) is 0 Å². The SMILES string of the molecule is CCOC(=O)C(N)C(=O)Nc1ccccc1. The molecule has 1 atom stereocenters. The molecule has 0 fully saturated rings. The minimum Gasteiger partial charge on any atom is -0.464 e. The van der Waals surface area contributed by atoms with Gasteiger partial charge in [0.15, 0.2) is 6.04 Å². The summed E-state index contributed by atoms with van der Waals surface area (Å²) in [5.74, 6) is -1.31. The minimum atomic E-state index is -1.29. The van der Waals surface area contributed by atoms with Crippen molar-refractivity contribution in [1.29, 1.82) is 0 Å². The Kier molecular flexibility index (Phi) is 4.47. The molecule has 0 saturated carbocycles. The lowest BCUT2D eigenvalue weighted by Gasteiger charge is -2.10. The third-order valence-electron chi connectivity index (χ3n) is 1.86. The van der Waals surface area contributed by atoms with E-state index in [4.69, 9.17) is 5.73 Å². The van der Waals surface area contributed by atoms with Gasteiger partial charge in [0.1, 0.15) is 0 Å². The van der Waals surface area contributed by atoms with E-state index < -0.39 is 17.9 Å². The highest BCUT2D eigenvalue weighted by Crippen LogP contribution is 2.05. The van der Waals surface area contributed by atoms with Crippen LogP contribution in [0.25, 0.3) is 0 Å². The summed E-state index contributed by atoms with van der Waals surface area (Å²) >= 11 is 0. The van der Waals surface area contributed by atoms with E-state index in [0.29, 0.717) is 5.69 Å². The average Bonchev–Trinajstić information content (AvgIpc) is 2.29. The lowest BCUT2D eigenvalue weighted by molar-refractivity contribution is -0.146. The molecule has 0 aliphatic heterocycles. The van der Waals surface area contributed by atoms with E-state index in [0.717, 1.165) is 0 Å². The van der Waals surface area contributed by atoms with Crippen molar-refractivity contribution >= 4 is 17.6 Å². The van der Waals surface area contributed by atoms with Crippen LogP contribution in [0.15, 0.2) is 30.3 Å². The molecule has 86 valence electrons. The van der Waals surface area contributed by atoms with E-state index in [2.05, 4.69) is 10.1 Å². The van der Waals surface area contributed by atoms with E-state index in [1.54, 1.807) is 31.2 Å². The normalized spacial score (nSPS) is 11.6. The van der Waals surface area contributed by atoms with Gasteiger partial charge in [-0.1, -0.05) is 18.2 Å². The Morgan fingerprint density at radius 2 is 2.00 bits per heavy atom. The van der Waals surface area contributed by atoms with Crippen LogP contribution in [0, 0.1) is 0 Å². The molecule has 3 N–H and O–H groups in total. The third kappa shape index (κ3) is 3.36. The van der Waals surface area contributed by atoms with Gasteiger partial charge < -0.3 is 15.8 Å². The molecule has 0 aliphatic carbocycles. The van der Waals surface area contributed by atoms with E-state index in [9.17, 15) is 9.59 Å². The van der Waals surface area contributed by atoms with Gasteiger partial charge in [-0.2, -0.15) is 0 Å². The van der Waals surface area contributed by atoms with Crippen molar-refractivity contribution in [2.24, 2.45) is 5.73 Å². The van der Waals surface area contributed by atoms with Crippen molar-refractivity contribution in [2.75, 3.05) is 11.9 Å². The van der Waals surface area contributed by atoms with Crippen LogP contribution in [-0.2, 0) is 14.3 Å². The van der Waals surface area contributed by atoms with E-state index >= 15 is 0 Å². The fraction of sp³-hybridized carbons (Fsp3) is 0.273. The zero-order valence-electron chi connectivity index (χ0n) is 8.97. The molecular formula is C11H14N2O3. The third-order valence-corrected chi connectivity index (χ3v) is 1.86. The second kappa shape index (κ2) is 5.87. The first-order valence-corrected chi connectivity index (χ1v) is 4.93. The van der Waals surface area contributed by atoms with E-state index in [1.807, 2.05) is 6.07 Å². The first kappa shape index (κ1) is 12.2. The van der Waals surface area contributed by atoms with Crippen LogP contribution in [0.4, 0.5) is 5.69 Å². The molecule has 1 aromatic carbocycles. The molecule has 1 amide bonds. The molecule has 1 unspecified atom stereocenters. The summed E-state index contributed by atoms with van der Waals surface area (Å²) in [5.41, 5.74) is 6.00. The van der Waals surface area contributed by atoms with Crippen LogP contribution in [0.2, 0.25) is 0 Å². The molecular weight excluding hydrogens is 208 g/mol. The molecule has 0 spiro atoms. The number of para-hydroxylation sites is 1. The summed E-state index contributed by atoms with van der Waals surface area (Å²) in [6, 6.07) is 7.48. The number of hydrogen-bond donors (Lipinski definition) is 2. The lowest BCUT2D eigenvalue weighted by Crippen LogP contribution is -2.43. The molecule has 1 rings (SSSR count). The molecule has 0 heterocycles. The van der Waals surface area contributed by atoms with Crippen molar-refractivity contribution in [2.45, 2.75) is 13.0 Å². The van der Waals surface area contributed by atoms with Crippen molar-refractivity contribution in [3.05, 3.63) is 30.3 Å². The molecule has 0 bridgehead atoms. The topological polar surface area (TPSA) is 81.4 Å². The van der Waals surface area contributed by atoms with E-state index in [1.165, 1.54) is 0 Å². The Morgan fingerprint density at radius 1 is 1.38 bits per heavy atom. The average molecular weight is 222 g/mol. The van der Waals surface area contributed by atoms with Gasteiger partial charge in [0.25, 0.3) is 5.91 Å². The fourth-order valence-electron chi connectivity index (χ4n) is 1.08. The molecule has 0 radical (unpaired) electrons. The zero-order valence-corrected chi connectivity index (χ0v) is 8.97. The van der Waals surface area contributed by atoms with Gasteiger partial charge in [0.05, 0.1) is 6.61 Å². The van der Waals surface area contributed by atoms with Gasteiger partial charge in [-0.3, -0.25) is 4.79 Å². The van der Waals surface area contributed by atoms with Gasteiger partial charge >= 0.3 is 5.97 Å². The Balaban J connectivity index is 2.56. The van der Waals surface area contributed by atoms with E-state index in [-0.39, 0.29) is 6.61 Å². The monoisotopic (exact) mass is 222 g/mol. The number of nitrogens with one attached hydrogen (secondary N) is 1. The second-order valence-corrected chi connectivity index (χ2v) is 3.08. The van der Waals surface area contributed by atoms with Crippen LogP contribution in [0.3, 0.4) is 0 Å². The minimum absolute atomic E-state index is 0.200. The molecule has 16 heavy (non-hydrogen) atoms. The maximum atomic E-state index is 11.5. The van der Waals surface area contributed by atoms with Crippen LogP contribution in [0.1, 0.15) is 6.92 Å². The van der Waals surface area contributed by atoms with Crippen molar-refractivity contribution < 1.29 is 14.3 Å². The van der Waals surface area contributed by atoms with Gasteiger partial charge in [0, 0.05) is 5.69 Å². The zero-order chi connectivity index (χ0) is 12.0. The number of esters is 1. The Morgan fingerprint density at radius 3 is 2.56 bits per heavy atom. The second-order valence-electron chi connectivity index (χ2n) is 3.08. The van der Waals surface area contributed by atoms with Gasteiger partial charge in [0.2, 0.25) is 0 Å². The smallest absolute Gasteiger partial charge is 0.332 e. The number of anilines is 1. The number of hydrogen-bond acceptors (Lipinski definition) is 4. The molecule has 0 aliphatic rings. The molecule has 0 saturated heterocycles. The standard InChI is InChI=1S/C11H14N2O3/c1-2-16-11(15)9(12)10(14)13-8-6-4-3-5-7-8/h3-7,9H,2,12H2,1H3,(H,13,14). The molecule has 5 heteroatoms. The number of nitrogens with two attached hydrogens (primary N) is 1. The Labute approximate surface area is 93.6 Å². The largest absolute Gasteiger partial charge is 0.464 e. The molecule has 5 nitrogen and oxygen atoms in total. The highest BCUT2D eigenvalue weighted by atomic mass is 16.5. The Bertz CT molecular complexity index is 365. The maximum Gasteiger partial charge on any atom is 0.332 e. The summed E-state index contributed by atoms with van der Waals surface area (Å²) in [5, 5.41) is 2.52. The number of rotatable bonds is 4. The lowest BCUT2D eigenvalue weighted by atomic mass is 10.2. The van der Waals surface area contributed by atoms with Crippen molar-refractivity contribution in [3.63, 3.8) is 0 Å². The number of carbonyl (C=O) groups is 2. The predicted molar refractivity (Wildman–Crippen MR) is 59.7 cm³/mol. The van der Waals surface area contributed by atoms with Crippen LogP contribution < -0.4 is 11.1 Å². The van der Waals surface area contributed by atoms with Crippen LogP contribution in [0.5, 0.6) is 0 Å². The quantitative estimate of drug-likeness (QED) is 0.574. The van der Waals surface area contributed by atoms with Gasteiger partial charge in [-0.05, 0) is 19.1 Å². The molecule has 0 aromatic heterocycles. The molecule has 1 aromatic rings. The fourth-order valence-corrected chi connectivity index (χ4v) is 1.08. The van der Waals surface area contributed by atoms with Crippen molar-refractivity contribution in [3.8, 4) is 0 Å². The summed E-state index contributed by atoms with van der Waals surface area (Å²) in [6.07, 6.45) is 0. The number of carbonyl (C=O) groups excluding carboxylic acids is 2. The Hall–Kier alpha value is -1.88. The number of benzene rings is 1. The predicted octanol–water partition coefficient (Wildman–Crippen LogP) is 0.515. The summed E-state index contributed by atoms with van der Waals surface area (Å²) < 4.78 is 4.64. The first-order chi connectivity index (χ1) is 7.65. The highest BCUT2D eigenvalue weighted by molar-refractivity contribution is 6.08. The number of ether oxygens (including phenoxy) is 1. The van der Waals surface area contributed by atoms with Crippen LogP contribution in [-0.4, -0.2) is 24.5 Å². The number of amides is 1. The summed E-state index contributed by atoms with van der Waals surface area (Å²) in [6.45, 7) is 1.85. The summed E-state index contributed by atoms with van der Waals surface area (Å²) in [4.78, 5) is 22.7. The maximum absolute atomic E-state index is 11.5. The first-order valence-electron chi connectivity index (χ1n) is 4.93.